The average molecular weight is 339 g/mol. The van der Waals surface area contributed by atoms with Gasteiger partial charge >= 0.3 is 6.18 Å². The number of alkyl halides is 3. The first-order valence-electron chi connectivity index (χ1n) is 7.54. The molecule has 1 atom stereocenters. The molecular weight excluding hydrogens is 319 g/mol. The Morgan fingerprint density at radius 2 is 1.96 bits per heavy atom. The summed E-state index contributed by atoms with van der Waals surface area (Å²) in [5.74, 6) is -0.215. The topological polar surface area (TPSA) is 46.9 Å². The molecule has 130 valence electrons. The van der Waals surface area contributed by atoms with E-state index in [9.17, 15) is 18.0 Å². The Balaban J connectivity index is 2.07. The second-order valence-corrected chi connectivity index (χ2v) is 6.37. The van der Waals surface area contributed by atoms with Crippen molar-refractivity contribution in [1.29, 1.82) is 0 Å². The molecule has 0 aliphatic carbocycles. The van der Waals surface area contributed by atoms with E-state index in [0.29, 0.717) is 5.56 Å². The highest BCUT2D eigenvalue weighted by Crippen LogP contribution is 2.32. The molecule has 2 aromatic rings. The Morgan fingerprint density at radius 1 is 1.29 bits per heavy atom. The van der Waals surface area contributed by atoms with Crippen molar-refractivity contribution >= 4 is 5.91 Å². The Bertz CT molecular complexity index is 693. The fraction of sp³-hybridized carbons (Fsp3) is 0.412. The van der Waals surface area contributed by atoms with Gasteiger partial charge in [0.2, 0.25) is 5.91 Å². The smallest absolute Gasteiger partial charge is 0.353 e. The molecule has 0 saturated carbocycles. The monoisotopic (exact) mass is 339 g/mol. The van der Waals surface area contributed by atoms with E-state index in [4.69, 9.17) is 0 Å². The molecule has 0 radical (unpaired) electrons. The minimum atomic E-state index is -4.38. The lowest BCUT2D eigenvalue weighted by molar-refractivity contribution is -0.137. The zero-order valence-corrected chi connectivity index (χ0v) is 13.8. The standard InChI is InChI=1S/C17H20F3N3O/c1-12(23-8-7-21-11-23)15(24)22-10-16(2,3)13-5-4-6-14(9-13)17(18,19)20/h4-9,11-12H,10H2,1-3H3,(H,22,24)/t12-/m1/s1. The zero-order valence-electron chi connectivity index (χ0n) is 13.8. The summed E-state index contributed by atoms with van der Waals surface area (Å²) in [6.07, 6.45) is 0.423. The van der Waals surface area contributed by atoms with Crippen molar-refractivity contribution < 1.29 is 18.0 Å². The number of benzene rings is 1. The molecule has 0 bridgehead atoms. The number of hydrogen-bond donors (Lipinski definition) is 1. The fourth-order valence-electron chi connectivity index (χ4n) is 2.31. The molecule has 0 spiro atoms. The van der Waals surface area contributed by atoms with Gasteiger partial charge in [0.15, 0.2) is 0 Å². The summed E-state index contributed by atoms with van der Waals surface area (Å²) in [5, 5.41) is 2.80. The number of amides is 1. The average Bonchev–Trinajstić information content (AvgIpc) is 3.05. The molecule has 0 fully saturated rings. The van der Waals surface area contributed by atoms with Gasteiger partial charge in [-0.25, -0.2) is 4.98 Å². The van der Waals surface area contributed by atoms with Gasteiger partial charge in [-0.2, -0.15) is 13.2 Å². The number of hydrogen-bond acceptors (Lipinski definition) is 2. The quantitative estimate of drug-likeness (QED) is 0.905. The van der Waals surface area contributed by atoms with Crippen LogP contribution in [0, 0.1) is 0 Å². The van der Waals surface area contributed by atoms with Crippen LogP contribution in [-0.2, 0) is 16.4 Å². The first-order valence-corrected chi connectivity index (χ1v) is 7.54. The van der Waals surface area contributed by atoms with Gasteiger partial charge < -0.3 is 9.88 Å². The predicted molar refractivity (Wildman–Crippen MR) is 84.4 cm³/mol. The number of carbonyl (C=O) groups excluding carboxylic acids is 1. The molecule has 0 aliphatic heterocycles. The van der Waals surface area contributed by atoms with E-state index in [0.717, 1.165) is 12.1 Å². The summed E-state index contributed by atoms with van der Waals surface area (Å²) in [4.78, 5) is 16.1. The molecule has 1 N–H and O–H groups in total. The lowest BCUT2D eigenvalue weighted by Gasteiger charge is -2.27. The number of aromatic nitrogens is 2. The molecule has 4 nitrogen and oxygen atoms in total. The fourth-order valence-corrected chi connectivity index (χ4v) is 2.31. The maximum Gasteiger partial charge on any atom is 0.416 e. The van der Waals surface area contributed by atoms with E-state index in [1.807, 2.05) is 0 Å². The molecule has 1 aromatic heterocycles. The molecule has 1 amide bonds. The lowest BCUT2D eigenvalue weighted by Crippen LogP contribution is -2.39. The van der Waals surface area contributed by atoms with Crippen molar-refractivity contribution in [3.8, 4) is 0 Å². The maximum absolute atomic E-state index is 12.9. The second-order valence-electron chi connectivity index (χ2n) is 6.37. The van der Waals surface area contributed by atoms with Crippen molar-refractivity contribution in [2.24, 2.45) is 0 Å². The third-order valence-electron chi connectivity index (χ3n) is 4.03. The SMILES string of the molecule is C[C@H](C(=O)NCC(C)(C)c1cccc(C(F)(F)F)c1)n1ccnc1. The van der Waals surface area contributed by atoms with Crippen molar-refractivity contribution in [2.45, 2.75) is 38.4 Å². The number of halogens is 3. The minimum absolute atomic E-state index is 0.215. The van der Waals surface area contributed by atoms with Crippen LogP contribution in [0.2, 0.25) is 0 Å². The molecule has 0 aliphatic rings. The van der Waals surface area contributed by atoms with E-state index >= 15 is 0 Å². The van der Waals surface area contributed by atoms with Crippen molar-refractivity contribution in [1.82, 2.24) is 14.9 Å². The van der Waals surface area contributed by atoms with Crippen LogP contribution in [-0.4, -0.2) is 22.0 Å². The Hall–Kier alpha value is -2.31. The Labute approximate surface area is 138 Å². The van der Waals surface area contributed by atoms with E-state index in [-0.39, 0.29) is 12.5 Å². The van der Waals surface area contributed by atoms with Crippen LogP contribution in [0.1, 0.15) is 37.9 Å². The van der Waals surface area contributed by atoms with Crippen LogP contribution >= 0.6 is 0 Å². The molecule has 0 saturated heterocycles. The van der Waals surface area contributed by atoms with E-state index < -0.39 is 23.2 Å². The van der Waals surface area contributed by atoms with E-state index in [2.05, 4.69) is 10.3 Å². The van der Waals surface area contributed by atoms with Gasteiger partial charge in [0.05, 0.1) is 11.9 Å². The summed E-state index contributed by atoms with van der Waals surface area (Å²) >= 11 is 0. The van der Waals surface area contributed by atoms with Crippen LogP contribution < -0.4 is 5.32 Å². The molecule has 7 heteroatoms. The third-order valence-corrected chi connectivity index (χ3v) is 4.03. The number of nitrogens with zero attached hydrogens (tertiary/aromatic N) is 2. The van der Waals surface area contributed by atoms with Gasteiger partial charge in [-0.1, -0.05) is 32.0 Å². The normalized spacial score (nSPS) is 13.6. The summed E-state index contributed by atoms with van der Waals surface area (Å²) in [5.41, 5.74) is -0.801. The van der Waals surface area contributed by atoms with Crippen LogP contribution in [0.15, 0.2) is 43.0 Å². The third kappa shape index (κ3) is 4.15. The van der Waals surface area contributed by atoms with E-state index in [1.54, 1.807) is 50.1 Å². The number of carbonyl (C=O) groups is 1. The first kappa shape index (κ1) is 18.0. The number of imidazole rings is 1. The molecular formula is C17H20F3N3O. The van der Waals surface area contributed by atoms with Crippen molar-refractivity contribution in [3.05, 3.63) is 54.1 Å². The second kappa shape index (κ2) is 6.67. The maximum atomic E-state index is 12.9. The van der Waals surface area contributed by atoms with Gasteiger partial charge in [0, 0.05) is 24.4 Å². The van der Waals surface area contributed by atoms with Crippen LogP contribution in [0.25, 0.3) is 0 Å². The highest BCUT2D eigenvalue weighted by molar-refractivity contribution is 5.80. The summed E-state index contributed by atoms with van der Waals surface area (Å²) in [7, 11) is 0. The zero-order chi connectivity index (χ0) is 18.0. The van der Waals surface area contributed by atoms with Crippen molar-refractivity contribution in [3.63, 3.8) is 0 Å². The van der Waals surface area contributed by atoms with Crippen LogP contribution in [0.3, 0.4) is 0 Å². The van der Waals surface area contributed by atoms with Crippen molar-refractivity contribution in [2.75, 3.05) is 6.54 Å². The Kier molecular flexibility index (Phi) is 5.01. The highest BCUT2D eigenvalue weighted by Gasteiger charge is 2.32. The minimum Gasteiger partial charge on any atom is -0.353 e. The first-order chi connectivity index (χ1) is 11.1. The van der Waals surface area contributed by atoms with E-state index in [1.165, 1.54) is 6.07 Å². The van der Waals surface area contributed by atoms with Crippen LogP contribution in [0.5, 0.6) is 0 Å². The highest BCUT2D eigenvalue weighted by atomic mass is 19.4. The van der Waals surface area contributed by atoms with Gasteiger partial charge in [-0.15, -0.1) is 0 Å². The summed E-state index contributed by atoms with van der Waals surface area (Å²) in [6, 6.07) is 4.76. The van der Waals surface area contributed by atoms with Gasteiger partial charge in [0.1, 0.15) is 6.04 Å². The lowest BCUT2D eigenvalue weighted by atomic mass is 9.83. The summed E-state index contributed by atoms with van der Waals surface area (Å²) < 4.78 is 40.2. The van der Waals surface area contributed by atoms with Gasteiger partial charge in [-0.3, -0.25) is 4.79 Å². The Morgan fingerprint density at radius 3 is 2.54 bits per heavy atom. The van der Waals surface area contributed by atoms with Gasteiger partial charge in [0.25, 0.3) is 0 Å². The van der Waals surface area contributed by atoms with Crippen LogP contribution in [0.4, 0.5) is 13.2 Å². The largest absolute Gasteiger partial charge is 0.416 e. The predicted octanol–water partition coefficient (Wildman–Crippen LogP) is 3.56. The molecule has 24 heavy (non-hydrogen) atoms. The number of rotatable bonds is 5. The molecule has 2 rings (SSSR count). The number of nitrogens with one attached hydrogen (secondary N) is 1. The molecule has 1 aromatic carbocycles. The van der Waals surface area contributed by atoms with Gasteiger partial charge in [-0.05, 0) is 18.6 Å². The summed E-state index contributed by atoms with van der Waals surface area (Å²) in [6.45, 7) is 5.55. The molecule has 0 unspecified atom stereocenters. The molecule has 1 heterocycles.